The molecule has 3 heteroatoms. The summed E-state index contributed by atoms with van der Waals surface area (Å²) in [5, 5.41) is 12.6. The summed E-state index contributed by atoms with van der Waals surface area (Å²) >= 11 is 0. The van der Waals surface area contributed by atoms with Crippen LogP contribution >= 0.6 is 0 Å². The van der Waals surface area contributed by atoms with Crippen molar-refractivity contribution in [3.63, 3.8) is 0 Å². The molecular formula is C13H19NO2. The van der Waals surface area contributed by atoms with Gasteiger partial charge in [0.15, 0.2) is 0 Å². The molecular weight excluding hydrogens is 202 g/mol. The van der Waals surface area contributed by atoms with Crippen LogP contribution in [0.25, 0.3) is 0 Å². The van der Waals surface area contributed by atoms with Crippen molar-refractivity contribution in [2.75, 3.05) is 19.7 Å². The topological polar surface area (TPSA) is 41.5 Å². The lowest BCUT2D eigenvalue weighted by Crippen LogP contribution is -2.27. The number of ether oxygens (including phenoxy) is 1. The molecule has 2 unspecified atom stereocenters. The Balaban J connectivity index is 1.62. The standard InChI is InChI=1S/C13H19NO2/c15-12-9-14-10-13(12)16-8-4-7-11-5-2-1-3-6-11/h1-3,5-6,12-15H,4,7-10H2. The maximum atomic E-state index is 9.52. The second-order valence-electron chi connectivity index (χ2n) is 4.22. The fourth-order valence-electron chi connectivity index (χ4n) is 1.97. The van der Waals surface area contributed by atoms with Crippen LogP contribution in [-0.2, 0) is 11.2 Å². The molecule has 1 saturated heterocycles. The van der Waals surface area contributed by atoms with Crippen LogP contribution in [0.15, 0.2) is 30.3 Å². The Morgan fingerprint density at radius 2 is 2.06 bits per heavy atom. The predicted molar refractivity (Wildman–Crippen MR) is 63.4 cm³/mol. The maximum Gasteiger partial charge on any atom is 0.0970 e. The highest BCUT2D eigenvalue weighted by atomic mass is 16.5. The smallest absolute Gasteiger partial charge is 0.0970 e. The van der Waals surface area contributed by atoms with E-state index in [4.69, 9.17) is 4.74 Å². The number of β-amino-alcohol motifs (C(OH)–C–C–N with tert-alkyl or cyclic N) is 1. The van der Waals surface area contributed by atoms with Crippen molar-refractivity contribution in [2.45, 2.75) is 25.0 Å². The van der Waals surface area contributed by atoms with Crippen LogP contribution in [0.5, 0.6) is 0 Å². The van der Waals surface area contributed by atoms with E-state index in [2.05, 4.69) is 29.6 Å². The van der Waals surface area contributed by atoms with Gasteiger partial charge in [-0.1, -0.05) is 30.3 Å². The minimum atomic E-state index is -0.336. The first-order valence-electron chi connectivity index (χ1n) is 5.90. The predicted octanol–water partition coefficient (Wildman–Crippen LogP) is 0.968. The molecule has 0 aliphatic carbocycles. The zero-order valence-corrected chi connectivity index (χ0v) is 9.43. The third-order valence-electron chi connectivity index (χ3n) is 2.91. The van der Waals surface area contributed by atoms with Crippen molar-refractivity contribution in [3.8, 4) is 0 Å². The number of aliphatic hydroxyl groups is 1. The lowest BCUT2D eigenvalue weighted by Gasteiger charge is -2.14. The molecule has 1 aromatic carbocycles. The highest BCUT2D eigenvalue weighted by Gasteiger charge is 2.24. The first-order chi connectivity index (χ1) is 7.86. The monoisotopic (exact) mass is 221 g/mol. The van der Waals surface area contributed by atoms with Crippen LogP contribution in [0, 0.1) is 0 Å². The lowest BCUT2D eigenvalue weighted by atomic mass is 10.1. The summed E-state index contributed by atoms with van der Waals surface area (Å²) in [5.74, 6) is 0. The summed E-state index contributed by atoms with van der Waals surface area (Å²) in [4.78, 5) is 0. The van der Waals surface area contributed by atoms with E-state index >= 15 is 0 Å². The molecule has 3 nitrogen and oxygen atoms in total. The molecule has 2 N–H and O–H groups in total. The van der Waals surface area contributed by atoms with E-state index in [0.717, 1.165) is 26.0 Å². The van der Waals surface area contributed by atoms with E-state index in [9.17, 15) is 5.11 Å². The number of hydrogen-bond donors (Lipinski definition) is 2. The first-order valence-corrected chi connectivity index (χ1v) is 5.90. The Kier molecular flexibility index (Phi) is 4.34. The number of aryl methyl sites for hydroxylation is 1. The number of hydrogen-bond acceptors (Lipinski definition) is 3. The van der Waals surface area contributed by atoms with Crippen LogP contribution < -0.4 is 5.32 Å². The fourth-order valence-corrected chi connectivity index (χ4v) is 1.97. The van der Waals surface area contributed by atoms with Gasteiger partial charge in [-0.25, -0.2) is 0 Å². The third-order valence-corrected chi connectivity index (χ3v) is 2.91. The normalized spacial score (nSPS) is 24.8. The van der Waals surface area contributed by atoms with Gasteiger partial charge in [0.2, 0.25) is 0 Å². The number of aliphatic hydroxyl groups excluding tert-OH is 1. The van der Waals surface area contributed by atoms with Crippen molar-refractivity contribution >= 4 is 0 Å². The second-order valence-corrected chi connectivity index (χ2v) is 4.22. The molecule has 0 saturated carbocycles. The molecule has 1 heterocycles. The maximum absolute atomic E-state index is 9.52. The van der Waals surface area contributed by atoms with Crippen molar-refractivity contribution < 1.29 is 9.84 Å². The van der Waals surface area contributed by atoms with E-state index in [-0.39, 0.29) is 12.2 Å². The highest BCUT2D eigenvalue weighted by molar-refractivity contribution is 5.14. The molecule has 1 aliphatic heterocycles. The van der Waals surface area contributed by atoms with Gasteiger partial charge in [-0.15, -0.1) is 0 Å². The summed E-state index contributed by atoms with van der Waals surface area (Å²) < 4.78 is 5.62. The fraction of sp³-hybridized carbons (Fsp3) is 0.538. The van der Waals surface area contributed by atoms with Crippen LogP contribution in [0.1, 0.15) is 12.0 Å². The summed E-state index contributed by atoms with van der Waals surface area (Å²) in [7, 11) is 0. The van der Waals surface area contributed by atoms with Crippen molar-refractivity contribution in [2.24, 2.45) is 0 Å². The third kappa shape index (κ3) is 3.30. The summed E-state index contributed by atoms with van der Waals surface area (Å²) in [6.07, 6.45) is 1.69. The van der Waals surface area contributed by atoms with Gasteiger partial charge in [-0.2, -0.15) is 0 Å². The summed E-state index contributed by atoms with van der Waals surface area (Å²) in [5.41, 5.74) is 1.34. The van der Waals surface area contributed by atoms with Crippen LogP contribution in [0.3, 0.4) is 0 Å². The molecule has 2 atom stereocenters. The van der Waals surface area contributed by atoms with Gasteiger partial charge in [-0.3, -0.25) is 0 Å². The zero-order valence-electron chi connectivity index (χ0n) is 9.43. The van der Waals surface area contributed by atoms with Gasteiger partial charge in [0.05, 0.1) is 12.2 Å². The van der Waals surface area contributed by atoms with Crippen LogP contribution in [0.4, 0.5) is 0 Å². The number of nitrogens with one attached hydrogen (secondary N) is 1. The molecule has 1 aromatic rings. The Morgan fingerprint density at radius 3 is 2.75 bits per heavy atom. The minimum absolute atomic E-state index is 0.0178. The van der Waals surface area contributed by atoms with E-state index in [1.54, 1.807) is 0 Å². The molecule has 1 fully saturated rings. The Hall–Kier alpha value is -0.900. The Bertz CT molecular complexity index is 302. The number of rotatable bonds is 5. The average molecular weight is 221 g/mol. The van der Waals surface area contributed by atoms with Crippen LogP contribution in [0.2, 0.25) is 0 Å². The van der Waals surface area contributed by atoms with Crippen LogP contribution in [-0.4, -0.2) is 37.0 Å². The van der Waals surface area contributed by atoms with Crippen molar-refractivity contribution in [1.82, 2.24) is 5.32 Å². The minimum Gasteiger partial charge on any atom is -0.389 e. The molecule has 0 radical (unpaired) electrons. The van der Waals surface area contributed by atoms with E-state index < -0.39 is 0 Å². The van der Waals surface area contributed by atoms with E-state index in [0.29, 0.717) is 6.54 Å². The van der Waals surface area contributed by atoms with Gasteiger partial charge >= 0.3 is 0 Å². The van der Waals surface area contributed by atoms with Gasteiger partial charge in [-0.05, 0) is 18.4 Å². The summed E-state index contributed by atoms with van der Waals surface area (Å²) in [6, 6.07) is 10.4. The second kappa shape index (κ2) is 5.99. The van der Waals surface area contributed by atoms with E-state index in [1.165, 1.54) is 5.56 Å². The molecule has 88 valence electrons. The average Bonchev–Trinajstić information content (AvgIpc) is 2.72. The van der Waals surface area contributed by atoms with Gasteiger partial charge in [0.1, 0.15) is 0 Å². The SMILES string of the molecule is OC1CNCC1OCCCc1ccccc1. The molecule has 0 amide bonds. The van der Waals surface area contributed by atoms with Crippen molar-refractivity contribution in [1.29, 1.82) is 0 Å². The van der Waals surface area contributed by atoms with Gasteiger partial charge < -0.3 is 15.2 Å². The molecule has 2 rings (SSSR count). The zero-order chi connectivity index (χ0) is 11.2. The Labute approximate surface area is 96.4 Å². The molecule has 0 spiro atoms. The van der Waals surface area contributed by atoms with E-state index in [1.807, 2.05) is 6.07 Å². The molecule has 1 aliphatic rings. The lowest BCUT2D eigenvalue weighted by molar-refractivity contribution is -0.00858. The van der Waals surface area contributed by atoms with Gasteiger partial charge in [0, 0.05) is 19.7 Å². The van der Waals surface area contributed by atoms with Gasteiger partial charge in [0.25, 0.3) is 0 Å². The molecule has 0 aromatic heterocycles. The summed E-state index contributed by atoms with van der Waals surface area (Å²) in [6.45, 7) is 2.15. The highest BCUT2D eigenvalue weighted by Crippen LogP contribution is 2.07. The molecule has 16 heavy (non-hydrogen) atoms. The van der Waals surface area contributed by atoms with Crippen molar-refractivity contribution in [3.05, 3.63) is 35.9 Å². The quantitative estimate of drug-likeness (QED) is 0.728. The molecule has 0 bridgehead atoms. The number of benzene rings is 1. The first kappa shape index (κ1) is 11.6. The Morgan fingerprint density at radius 1 is 1.25 bits per heavy atom. The largest absolute Gasteiger partial charge is 0.389 e.